The summed E-state index contributed by atoms with van der Waals surface area (Å²) in [6.45, 7) is 10.9. The van der Waals surface area contributed by atoms with Gasteiger partial charge in [0.1, 0.15) is 11.6 Å². The van der Waals surface area contributed by atoms with Crippen LogP contribution in [-0.2, 0) is 20.9 Å². The SMILES string of the molecule is CC(C)(C)[Si](C)(C)OCCC1Cc2cc(F)ccc2N(c2ccccc2F)S1(=O)=O. The van der Waals surface area contributed by atoms with Crippen molar-refractivity contribution in [2.45, 2.75) is 57.0 Å². The number of para-hydroxylation sites is 1. The molecule has 1 aliphatic heterocycles. The molecule has 1 atom stereocenters. The number of sulfonamides is 1. The molecule has 164 valence electrons. The van der Waals surface area contributed by atoms with E-state index < -0.39 is 35.2 Å². The molecule has 0 saturated carbocycles. The van der Waals surface area contributed by atoms with Crippen LogP contribution in [0.2, 0.25) is 18.1 Å². The Morgan fingerprint density at radius 2 is 1.77 bits per heavy atom. The standard InChI is InChI=1S/C22H29F2NO3SSi/c1-22(2,3)30(4,5)28-13-12-18-15-16-14-17(23)10-11-20(16)25(29(18,26)27)21-9-7-6-8-19(21)24/h6-11,14,18H,12-13,15H2,1-5H3. The molecule has 2 aromatic rings. The van der Waals surface area contributed by atoms with Crippen LogP contribution in [0.1, 0.15) is 32.8 Å². The van der Waals surface area contributed by atoms with Gasteiger partial charge in [-0.2, -0.15) is 0 Å². The fourth-order valence-electron chi connectivity index (χ4n) is 3.35. The summed E-state index contributed by atoms with van der Waals surface area (Å²) in [6, 6.07) is 9.67. The van der Waals surface area contributed by atoms with Gasteiger partial charge in [0.15, 0.2) is 8.32 Å². The Bertz CT molecular complexity index is 1030. The summed E-state index contributed by atoms with van der Waals surface area (Å²) in [7, 11) is -5.95. The third-order valence-corrected chi connectivity index (χ3v) is 12.8. The van der Waals surface area contributed by atoms with E-state index in [2.05, 4.69) is 33.9 Å². The molecule has 0 aliphatic carbocycles. The van der Waals surface area contributed by atoms with Crippen LogP contribution in [0.5, 0.6) is 0 Å². The number of rotatable bonds is 5. The molecule has 0 N–H and O–H groups in total. The van der Waals surface area contributed by atoms with Crippen molar-refractivity contribution in [3.8, 4) is 0 Å². The first-order valence-electron chi connectivity index (χ1n) is 10.1. The third-order valence-electron chi connectivity index (χ3n) is 6.16. The van der Waals surface area contributed by atoms with E-state index >= 15 is 0 Å². The molecule has 0 amide bonds. The smallest absolute Gasteiger partial charge is 0.242 e. The van der Waals surface area contributed by atoms with Crippen molar-refractivity contribution in [1.29, 1.82) is 0 Å². The van der Waals surface area contributed by atoms with Crippen LogP contribution in [0, 0.1) is 11.6 Å². The van der Waals surface area contributed by atoms with E-state index in [4.69, 9.17) is 4.43 Å². The Hall–Kier alpha value is -1.77. The van der Waals surface area contributed by atoms with Crippen LogP contribution in [-0.4, -0.2) is 28.6 Å². The zero-order chi connectivity index (χ0) is 22.3. The maximum absolute atomic E-state index is 14.6. The lowest BCUT2D eigenvalue weighted by Crippen LogP contribution is -2.44. The van der Waals surface area contributed by atoms with Gasteiger partial charge in [-0.05, 0) is 66.9 Å². The van der Waals surface area contributed by atoms with Gasteiger partial charge >= 0.3 is 0 Å². The van der Waals surface area contributed by atoms with Crippen LogP contribution in [0.4, 0.5) is 20.2 Å². The second-order valence-electron chi connectivity index (χ2n) is 9.26. The first-order chi connectivity index (χ1) is 13.8. The van der Waals surface area contributed by atoms with E-state index in [9.17, 15) is 17.2 Å². The van der Waals surface area contributed by atoms with Crippen molar-refractivity contribution < 1.29 is 21.6 Å². The number of fused-ring (bicyclic) bond motifs is 1. The Balaban J connectivity index is 1.96. The fraction of sp³-hybridized carbons (Fsp3) is 0.455. The van der Waals surface area contributed by atoms with Gasteiger partial charge in [0.25, 0.3) is 0 Å². The van der Waals surface area contributed by atoms with Gasteiger partial charge in [-0.15, -0.1) is 0 Å². The molecular formula is C22H29F2NO3SSi. The van der Waals surface area contributed by atoms with Gasteiger partial charge in [-0.3, -0.25) is 0 Å². The highest BCUT2D eigenvalue weighted by molar-refractivity contribution is 7.93. The zero-order valence-electron chi connectivity index (χ0n) is 18.1. The maximum Gasteiger partial charge on any atom is 0.242 e. The Morgan fingerprint density at radius 1 is 1.10 bits per heavy atom. The minimum absolute atomic E-state index is 0.00731. The predicted molar refractivity (Wildman–Crippen MR) is 119 cm³/mol. The molecule has 0 aromatic heterocycles. The topological polar surface area (TPSA) is 46.6 Å². The lowest BCUT2D eigenvalue weighted by atomic mass is 10.0. The first kappa shape index (κ1) is 22.9. The summed E-state index contributed by atoms with van der Waals surface area (Å²) in [4.78, 5) is 0. The molecule has 1 heterocycles. The summed E-state index contributed by atoms with van der Waals surface area (Å²) in [5.74, 6) is -1.09. The number of benzene rings is 2. The second kappa shape index (κ2) is 8.05. The summed E-state index contributed by atoms with van der Waals surface area (Å²) in [5.41, 5.74) is 0.786. The van der Waals surface area contributed by atoms with E-state index in [1.165, 1.54) is 36.4 Å². The third kappa shape index (κ3) is 4.31. The average molecular weight is 454 g/mol. The van der Waals surface area contributed by atoms with Crippen molar-refractivity contribution in [3.05, 3.63) is 59.7 Å². The molecule has 4 nitrogen and oxygen atoms in total. The van der Waals surface area contributed by atoms with Crippen molar-refractivity contribution in [2.24, 2.45) is 0 Å². The highest BCUT2D eigenvalue weighted by Gasteiger charge is 2.42. The number of anilines is 2. The fourth-order valence-corrected chi connectivity index (χ4v) is 6.37. The van der Waals surface area contributed by atoms with Crippen LogP contribution in [0.15, 0.2) is 42.5 Å². The molecule has 1 unspecified atom stereocenters. The van der Waals surface area contributed by atoms with Gasteiger partial charge in [0, 0.05) is 6.61 Å². The highest BCUT2D eigenvalue weighted by Crippen LogP contribution is 2.41. The lowest BCUT2D eigenvalue weighted by molar-refractivity contribution is 0.279. The first-order valence-corrected chi connectivity index (χ1v) is 14.5. The Kier molecular flexibility index (Phi) is 6.15. The van der Waals surface area contributed by atoms with E-state index in [0.29, 0.717) is 11.3 Å². The maximum atomic E-state index is 14.6. The van der Waals surface area contributed by atoms with Crippen molar-refractivity contribution >= 4 is 29.7 Å². The van der Waals surface area contributed by atoms with Crippen LogP contribution in [0.25, 0.3) is 0 Å². The summed E-state index contributed by atoms with van der Waals surface area (Å²) >= 11 is 0. The highest BCUT2D eigenvalue weighted by atomic mass is 32.2. The van der Waals surface area contributed by atoms with Gasteiger partial charge < -0.3 is 4.43 Å². The minimum Gasteiger partial charge on any atom is -0.417 e. The molecule has 0 spiro atoms. The molecule has 3 rings (SSSR count). The number of hydrogen-bond donors (Lipinski definition) is 0. The van der Waals surface area contributed by atoms with Crippen LogP contribution in [0.3, 0.4) is 0 Å². The second-order valence-corrected chi connectivity index (χ2v) is 16.1. The molecule has 0 radical (unpaired) electrons. The van der Waals surface area contributed by atoms with E-state index in [0.717, 1.165) is 4.31 Å². The minimum atomic E-state index is -3.91. The molecule has 2 aromatic carbocycles. The summed E-state index contributed by atoms with van der Waals surface area (Å²) < 4.78 is 62.6. The molecule has 0 bridgehead atoms. The van der Waals surface area contributed by atoms with Crippen molar-refractivity contribution in [1.82, 2.24) is 0 Å². The molecular weight excluding hydrogens is 424 g/mol. The normalized spacial score (nSPS) is 18.9. The molecule has 0 fully saturated rings. The van der Waals surface area contributed by atoms with Gasteiger partial charge in [0.05, 0.1) is 16.6 Å². The van der Waals surface area contributed by atoms with E-state index in [1.807, 2.05) is 0 Å². The average Bonchev–Trinajstić information content (AvgIpc) is 2.62. The molecule has 8 heteroatoms. The number of hydrogen-bond acceptors (Lipinski definition) is 3. The predicted octanol–water partition coefficient (Wildman–Crippen LogP) is 5.77. The van der Waals surface area contributed by atoms with E-state index in [1.54, 1.807) is 6.07 Å². The Morgan fingerprint density at radius 3 is 2.40 bits per heavy atom. The zero-order valence-corrected chi connectivity index (χ0v) is 19.9. The monoisotopic (exact) mass is 453 g/mol. The largest absolute Gasteiger partial charge is 0.417 e. The lowest BCUT2D eigenvalue weighted by Gasteiger charge is -2.38. The van der Waals surface area contributed by atoms with Gasteiger partial charge in [0.2, 0.25) is 10.0 Å². The van der Waals surface area contributed by atoms with Crippen LogP contribution >= 0.6 is 0 Å². The van der Waals surface area contributed by atoms with Crippen molar-refractivity contribution in [3.63, 3.8) is 0 Å². The molecule has 1 aliphatic rings. The Labute approximate surface area is 179 Å². The number of nitrogens with zero attached hydrogens (tertiary/aromatic N) is 1. The molecule has 0 saturated heterocycles. The molecule has 30 heavy (non-hydrogen) atoms. The van der Waals surface area contributed by atoms with Crippen molar-refractivity contribution in [2.75, 3.05) is 10.9 Å². The van der Waals surface area contributed by atoms with E-state index in [-0.39, 0.29) is 30.2 Å². The van der Waals surface area contributed by atoms with Gasteiger partial charge in [-0.25, -0.2) is 21.5 Å². The summed E-state index contributed by atoms with van der Waals surface area (Å²) in [6.07, 6.45) is 0.428. The van der Waals surface area contributed by atoms with Gasteiger partial charge in [-0.1, -0.05) is 32.9 Å². The van der Waals surface area contributed by atoms with Crippen LogP contribution < -0.4 is 4.31 Å². The quantitative estimate of drug-likeness (QED) is 0.540. The summed E-state index contributed by atoms with van der Waals surface area (Å²) in [5, 5.41) is -0.816. The number of halogens is 2.